The molecule has 0 aliphatic carbocycles. The maximum Gasteiger partial charge on any atom is 0.119 e. The first kappa shape index (κ1) is 14.3. The summed E-state index contributed by atoms with van der Waals surface area (Å²) in [6, 6.07) is 16.7. The minimum Gasteiger partial charge on any atom is -0.489 e. The molecule has 0 radical (unpaired) electrons. The van der Waals surface area contributed by atoms with Crippen LogP contribution in [0.5, 0.6) is 5.75 Å². The first-order chi connectivity index (χ1) is 9.13. The largest absolute Gasteiger partial charge is 0.489 e. The fourth-order valence-corrected chi connectivity index (χ4v) is 2.20. The van der Waals surface area contributed by atoms with Crippen LogP contribution < -0.4 is 10.5 Å². The summed E-state index contributed by atoms with van der Waals surface area (Å²) in [5.74, 6) is 0.895. The SMILES string of the molecule is CC(N)Cc1ccc(OCc2ccc(I)cc2)cc1. The number of halogens is 1. The zero-order chi connectivity index (χ0) is 13.7. The number of ether oxygens (including phenoxy) is 1. The van der Waals surface area contributed by atoms with Crippen molar-refractivity contribution in [1.82, 2.24) is 0 Å². The predicted molar refractivity (Wildman–Crippen MR) is 87.3 cm³/mol. The molecule has 0 fully saturated rings. The van der Waals surface area contributed by atoms with Gasteiger partial charge in [0.1, 0.15) is 12.4 Å². The molecule has 1 unspecified atom stereocenters. The average Bonchev–Trinajstić information content (AvgIpc) is 2.39. The fourth-order valence-electron chi connectivity index (χ4n) is 1.84. The molecule has 0 amide bonds. The van der Waals surface area contributed by atoms with E-state index in [9.17, 15) is 0 Å². The van der Waals surface area contributed by atoms with Crippen molar-refractivity contribution in [3.05, 3.63) is 63.2 Å². The third kappa shape index (κ3) is 4.84. The quantitative estimate of drug-likeness (QED) is 0.817. The predicted octanol–water partition coefficient (Wildman–Crippen LogP) is 3.76. The normalized spacial score (nSPS) is 12.2. The highest BCUT2D eigenvalue weighted by Crippen LogP contribution is 2.15. The van der Waals surface area contributed by atoms with Gasteiger partial charge in [-0.25, -0.2) is 0 Å². The highest BCUT2D eigenvalue weighted by Gasteiger charge is 2.00. The summed E-state index contributed by atoms with van der Waals surface area (Å²) in [5.41, 5.74) is 8.20. The number of hydrogen-bond donors (Lipinski definition) is 1. The van der Waals surface area contributed by atoms with Gasteiger partial charge in [0.2, 0.25) is 0 Å². The molecule has 2 nitrogen and oxygen atoms in total. The Morgan fingerprint density at radius 2 is 1.58 bits per heavy atom. The Morgan fingerprint density at radius 3 is 2.16 bits per heavy atom. The van der Waals surface area contributed by atoms with E-state index in [4.69, 9.17) is 10.5 Å². The second-order valence-electron chi connectivity index (χ2n) is 4.74. The Kier molecular flexibility index (Phi) is 5.22. The van der Waals surface area contributed by atoms with Crippen molar-refractivity contribution in [2.75, 3.05) is 0 Å². The van der Waals surface area contributed by atoms with Gasteiger partial charge in [0, 0.05) is 9.61 Å². The van der Waals surface area contributed by atoms with Gasteiger partial charge in [0.25, 0.3) is 0 Å². The lowest BCUT2D eigenvalue weighted by Crippen LogP contribution is -2.17. The second-order valence-corrected chi connectivity index (χ2v) is 5.99. The van der Waals surface area contributed by atoms with E-state index < -0.39 is 0 Å². The Morgan fingerprint density at radius 1 is 1.00 bits per heavy atom. The fraction of sp³-hybridized carbons (Fsp3) is 0.250. The van der Waals surface area contributed by atoms with Crippen LogP contribution in [0.25, 0.3) is 0 Å². The molecule has 0 aliphatic rings. The van der Waals surface area contributed by atoms with E-state index in [1.54, 1.807) is 0 Å². The molecule has 2 aromatic rings. The summed E-state index contributed by atoms with van der Waals surface area (Å²) in [6.07, 6.45) is 0.900. The van der Waals surface area contributed by atoms with Crippen molar-refractivity contribution in [3.8, 4) is 5.75 Å². The lowest BCUT2D eigenvalue weighted by Gasteiger charge is -2.08. The molecular weight excluding hydrogens is 349 g/mol. The van der Waals surface area contributed by atoms with Crippen molar-refractivity contribution in [3.63, 3.8) is 0 Å². The molecule has 1 atom stereocenters. The van der Waals surface area contributed by atoms with Crippen molar-refractivity contribution >= 4 is 22.6 Å². The lowest BCUT2D eigenvalue weighted by atomic mass is 10.1. The van der Waals surface area contributed by atoms with Gasteiger partial charge < -0.3 is 10.5 Å². The first-order valence-corrected chi connectivity index (χ1v) is 7.43. The summed E-state index contributed by atoms with van der Waals surface area (Å²) in [7, 11) is 0. The molecule has 2 N–H and O–H groups in total. The van der Waals surface area contributed by atoms with Crippen LogP contribution in [0.2, 0.25) is 0 Å². The molecule has 0 aromatic heterocycles. The molecule has 0 saturated heterocycles. The standard InChI is InChI=1S/C16H18INO/c1-12(18)10-13-4-8-16(9-5-13)19-11-14-2-6-15(17)7-3-14/h2-9,12H,10-11,18H2,1H3. The van der Waals surface area contributed by atoms with Gasteiger partial charge in [0.05, 0.1) is 0 Å². The first-order valence-electron chi connectivity index (χ1n) is 6.35. The van der Waals surface area contributed by atoms with Gasteiger partial charge in [-0.3, -0.25) is 0 Å². The molecular formula is C16H18INO. The summed E-state index contributed by atoms with van der Waals surface area (Å²) in [4.78, 5) is 0. The summed E-state index contributed by atoms with van der Waals surface area (Å²) < 4.78 is 7.00. The molecule has 0 spiro atoms. The van der Waals surface area contributed by atoms with E-state index in [-0.39, 0.29) is 6.04 Å². The van der Waals surface area contributed by atoms with Crippen LogP contribution in [0.15, 0.2) is 48.5 Å². The monoisotopic (exact) mass is 367 g/mol. The van der Waals surface area contributed by atoms with E-state index in [1.807, 2.05) is 19.1 Å². The molecule has 0 aliphatic heterocycles. The summed E-state index contributed by atoms with van der Waals surface area (Å²) >= 11 is 2.30. The summed E-state index contributed by atoms with van der Waals surface area (Å²) in [5, 5.41) is 0. The zero-order valence-corrected chi connectivity index (χ0v) is 13.1. The van der Waals surface area contributed by atoms with Crippen LogP contribution in [-0.4, -0.2) is 6.04 Å². The molecule has 19 heavy (non-hydrogen) atoms. The van der Waals surface area contributed by atoms with Gasteiger partial charge in [-0.15, -0.1) is 0 Å². The number of rotatable bonds is 5. The lowest BCUT2D eigenvalue weighted by molar-refractivity contribution is 0.306. The van der Waals surface area contributed by atoms with Crippen LogP contribution in [-0.2, 0) is 13.0 Å². The molecule has 0 heterocycles. The minimum absolute atomic E-state index is 0.193. The van der Waals surface area contributed by atoms with E-state index >= 15 is 0 Å². The van der Waals surface area contributed by atoms with E-state index in [0.717, 1.165) is 12.2 Å². The Hall–Kier alpha value is -1.07. The van der Waals surface area contributed by atoms with E-state index in [1.165, 1.54) is 14.7 Å². The van der Waals surface area contributed by atoms with Crippen molar-refractivity contribution in [2.24, 2.45) is 5.73 Å². The number of benzene rings is 2. The topological polar surface area (TPSA) is 35.2 Å². The molecule has 0 bridgehead atoms. The van der Waals surface area contributed by atoms with Crippen molar-refractivity contribution in [2.45, 2.75) is 26.0 Å². The van der Waals surface area contributed by atoms with Crippen LogP contribution in [0, 0.1) is 3.57 Å². The maximum absolute atomic E-state index is 5.78. The van der Waals surface area contributed by atoms with Crippen LogP contribution in [0.1, 0.15) is 18.1 Å². The smallest absolute Gasteiger partial charge is 0.119 e. The third-order valence-electron chi connectivity index (χ3n) is 2.80. The minimum atomic E-state index is 0.193. The molecule has 100 valence electrons. The average molecular weight is 367 g/mol. The van der Waals surface area contributed by atoms with Gasteiger partial charge in [-0.2, -0.15) is 0 Å². The van der Waals surface area contributed by atoms with Crippen LogP contribution in [0.3, 0.4) is 0 Å². The molecule has 2 aromatic carbocycles. The van der Waals surface area contributed by atoms with E-state index in [2.05, 4.69) is 59.0 Å². The van der Waals surface area contributed by atoms with Crippen LogP contribution >= 0.6 is 22.6 Å². The molecule has 0 saturated carbocycles. The zero-order valence-electron chi connectivity index (χ0n) is 11.0. The third-order valence-corrected chi connectivity index (χ3v) is 3.52. The highest BCUT2D eigenvalue weighted by molar-refractivity contribution is 14.1. The van der Waals surface area contributed by atoms with Gasteiger partial charge in [0.15, 0.2) is 0 Å². The highest BCUT2D eigenvalue weighted by atomic mass is 127. The number of nitrogens with two attached hydrogens (primary N) is 1. The Balaban J connectivity index is 1.91. The van der Waals surface area contributed by atoms with Gasteiger partial charge in [-0.1, -0.05) is 24.3 Å². The van der Waals surface area contributed by atoms with Crippen molar-refractivity contribution in [1.29, 1.82) is 0 Å². The Labute approximate surface area is 128 Å². The van der Waals surface area contributed by atoms with Crippen molar-refractivity contribution < 1.29 is 4.74 Å². The molecule has 3 heteroatoms. The maximum atomic E-state index is 5.78. The molecule has 2 rings (SSSR count). The van der Waals surface area contributed by atoms with Crippen LogP contribution in [0.4, 0.5) is 0 Å². The number of hydrogen-bond acceptors (Lipinski definition) is 2. The van der Waals surface area contributed by atoms with E-state index in [0.29, 0.717) is 6.61 Å². The Bertz CT molecular complexity index is 505. The van der Waals surface area contributed by atoms with Gasteiger partial charge >= 0.3 is 0 Å². The second kappa shape index (κ2) is 6.91. The summed E-state index contributed by atoms with van der Waals surface area (Å²) in [6.45, 7) is 2.62. The van der Waals surface area contributed by atoms with Gasteiger partial charge in [-0.05, 0) is 71.3 Å².